The molecule has 0 fully saturated rings. The molecule has 1 N–H and O–H groups in total. The molecule has 0 radical (unpaired) electrons. The Morgan fingerprint density at radius 3 is 2.11 bits per heavy atom. The maximum absolute atomic E-state index is 14.5. The number of hydrogen-bond donors (Lipinski definition) is 1. The van der Waals surface area contributed by atoms with Crippen LogP contribution in [0.3, 0.4) is 0 Å². The molecule has 0 aliphatic carbocycles. The van der Waals surface area contributed by atoms with Crippen molar-refractivity contribution in [3.05, 3.63) is 130 Å². The molecule has 0 saturated carbocycles. The Kier molecular flexibility index (Phi) is 11.8. The zero-order chi connectivity index (χ0) is 32.4. The Labute approximate surface area is 271 Å². The number of benzene rings is 4. The first-order chi connectivity index (χ1) is 21.6. The van der Waals surface area contributed by atoms with Gasteiger partial charge >= 0.3 is 0 Å². The van der Waals surface area contributed by atoms with Gasteiger partial charge in [-0.25, -0.2) is 8.42 Å². The summed E-state index contributed by atoms with van der Waals surface area (Å²) >= 11 is 6.06. The van der Waals surface area contributed by atoms with Crippen molar-refractivity contribution in [3.8, 4) is 0 Å². The molecule has 0 aromatic heterocycles. The van der Waals surface area contributed by atoms with Gasteiger partial charge < -0.3 is 10.2 Å². The van der Waals surface area contributed by atoms with Gasteiger partial charge in [0.25, 0.3) is 10.0 Å². The van der Waals surface area contributed by atoms with Crippen molar-refractivity contribution in [2.75, 3.05) is 17.4 Å². The zero-order valence-electron chi connectivity index (χ0n) is 25.9. The van der Waals surface area contributed by atoms with Crippen LogP contribution in [0.25, 0.3) is 0 Å². The van der Waals surface area contributed by atoms with Gasteiger partial charge in [0.1, 0.15) is 12.6 Å². The number of sulfonamides is 1. The van der Waals surface area contributed by atoms with Crippen molar-refractivity contribution < 1.29 is 18.0 Å². The van der Waals surface area contributed by atoms with Crippen LogP contribution in [0.15, 0.2) is 108 Å². The summed E-state index contributed by atoms with van der Waals surface area (Å²) in [6, 6.07) is 29.3. The lowest BCUT2D eigenvalue weighted by Crippen LogP contribution is -2.53. The SMILES string of the molecule is CCCCNC(=O)C(Cc1ccccc1)N(Cc1cccc(C)c1)C(=O)CN(c1cccc(C)c1)S(=O)(=O)c1ccc(Cl)cc1. The summed E-state index contributed by atoms with van der Waals surface area (Å²) in [6.45, 7) is 5.97. The highest BCUT2D eigenvalue weighted by atomic mass is 35.5. The minimum Gasteiger partial charge on any atom is -0.354 e. The van der Waals surface area contributed by atoms with E-state index in [1.807, 2.05) is 81.4 Å². The van der Waals surface area contributed by atoms with Crippen LogP contribution in [-0.4, -0.2) is 44.3 Å². The number of amides is 2. The lowest BCUT2D eigenvalue weighted by molar-refractivity contribution is -0.140. The van der Waals surface area contributed by atoms with E-state index in [0.717, 1.165) is 39.4 Å². The van der Waals surface area contributed by atoms with Crippen molar-refractivity contribution in [3.63, 3.8) is 0 Å². The van der Waals surface area contributed by atoms with Crippen LogP contribution in [0.5, 0.6) is 0 Å². The Morgan fingerprint density at radius 1 is 0.822 bits per heavy atom. The largest absolute Gasteiger partial charge is 0.354 e. The third-order valence-corrected chi connectivity index (χ3v) is 9.55. The maximum Gasteiger partial charge on any atom is 0.264 e. The molecule has 1 atom stereocenters. The predicted molar refractivity (Wildman–Crippen MR) is 181 cm³/mol. The van der Waals surface area contributed by atoms with Crippen LogP contribution in [0.1, 0.15) is 42.0 Å². The predicted octanol–water partition coefficient (Wildman–Crippen LogP) is 6.71. The van der Waals surface area contributed by atoms with E-state index in [0.29, 0.717) is 17.3 Å². The second kappa shape index (κ2) is 15.7. The molecule has 4 rings (SSSR count). The Hall–Kier alpha value is -4.14. The highest BCUT2D eigenvalue weighted by Crippen LogP contribution is 2.27. The van der Waals surface area contributed by atoms with E-state index in [1.165, 1.54) is 29.2 Å². The summed E-state index contributed by atoms with van der Waals surface area (Å²) in [7, 11) is -4.19. The number of nitrogens with one attached hydrogen (secondary N) is 1. The minimum atomic E-state index is -4.19. The molecule has 0 spiro atoms. The monoisotopic (exact) mass is 645 g/mol. The second-order valence-corrected chi connectivity index (χ2v) is 13.5. The van der Waals surface area contributed by atoms with Crippen molar-refractivity contribution in [2.24, 2.45) is 0 Å². The summed E-state index contributed by atoms with van der Waals surface area (Å²) < 4.78 is 29.4. The standard InChI is InChI=1S/C36H40ClN3O4S/c1-4-5-21-38-36(42)34(24-29-13-7-6-8-14-29)39(25-30-15-9-11-27(2)22-30)35(41)26-40(32-16-10-12-28(3)23-32)45(43,44)33-19-17-31(37)18-20-33/h6-20,22-23,34H,4-5,21,24-26H2,1-3H3,(H,38,42). The topological polar surface area (TPSA) is 86.8 Å². The van der Waals surface area contributed by atoms with Gasteiger partial charge in [-0.05, 0) is 73.4 Å². The Morgan fingerprint density at radius 2 is 1.47 bits per heavy atom. The fraction of sp³-hybridized carbons (Fsp3) is 0.278. The van der Waals surface area contributed by atoms with E-state index in [9.17, 15) is 18.0 Å². The van der Waals surface area contributed by atoms with Crippen LogP contribution in [0.4, 0.5) is 5.69 Å². The summed E-state index contributed by atoms with van der Waals surface area (Å²) in [5.41, 5.74) is 3.93. The molecule has 4 aromatic carbocycles. The van der Waals surface area contributed by atoms with E-state index in [4.69, 9.17) is 11.6 Å². The van der Waals surface area contributed by atoms with Crippen LogP contribution in [-0.2, 0) is 32.6 Å². The fourth-order valence-corrected chi connectivity index (χ4v) is 6.64. The first-order valence-electron chi connectivity index (χ1n) is 15.1. The van der Waals surface area contributed by atoms with E-state index < -0.39 is 28.5 Å². The Balaban J connectivity index is 1.79. The van der Waals surface area contributed by atoms with E-state index >= 15 is 0 Å². The Bertz CT molecular complexity index is 1700. The number of rotatable bonds is 14. The fourth-order valence-electron chi connectivity index (χ4n) is 5.11. The number of aryl methyl sites for hydroxylation is 2. The van der Waals surface area contributed by atoms with Crippen LogP contribution < -0.4 is 9.62 Å². The smallest absolute Gasteiger partial charge is 0.264 e. The molecule has 4 aromatic rings. The molecule has 0 saturated heterocycles. The van der Waals surface area contributed by atoms with Crippen LogP contribution in [0.2, 0.25) is 5.02 Å². The molecule has 2 amide bonds. The number of halogens is 1. The minimum absolute atomic E-state index is 0.00424. The molecule has 0 heterocycles. The van der Waals surface area contributed by atoms with Gasteiger partial charge in [-0.2, -0.15) is 0 Å². The number of nitrogens with zero attached hydrogens (tertiary/aromatic N) is 2. The molecule has 7 nitrogen and oxygen atoms in total. The van der Waals surface area contributed by atoms with Gasteiger partial charge in [0.2, 0.25) is 11.8 Å². The molecule has 45 heavy (non-hydrogen) atoms. The van der Waals surface area contributed by atoms with Gasteiger partial charge in [-0.3, -0.25) is 13.9 Å². The molecule has 0 aliphatic heterocycles. The number of carbonyl (C=O) groups is 2. The molecule has 9 heteroatoms. The second-order valence-electron chi connectivity index (χ2n) is 11.2. The van der Waals surface area contributed by atoms with Crippen molar-refractivity contribution >= 4 is 39.1 Å². The van der Waals surface area contributed by atoms with Crippen molar-refractivity contribution in [1.29, 1.82) is 0 Å². The van der Waals surface area contributed by atoms with Gasteiger partial charge in [0.05, 0.1) is 10.6 Å². The molecule has 0 aliphatic rings. The number of carbonyl (C=O) groups excluding carboxylic acids is 2. The molecular formula is C36H40ClN3O4S. The van der Waals surface area contributed by atoms with Crippen molar-refractivity contribution in [1.82, 2.24) is 10.2 Å². The number of hydrogen-bond acceptors (Lipinski definition) is 4. The highest BCUT2D eigenvalue weighted by Gasteiger charge is 2.34. The average Bonchev–Trinajstić information content (AvgIpc) is 3.02. The summed E-state index contributed by atoms with van der Waals surface area (Å²) in [6.07, 6.45) is 1.98. The number of anilines is 1. The summed E-state index contributed by atoms with van der Waals surface area (Å²) in [5.74, 6) is -0.780. The van der Waals surface area contributed by atoms with Crippen LogP contribution >= 0.6 is 11.6 Å². The summed E-state index contributed by atoms with van der Waals surface area (Å²) in [5, 5.41) is 3.41. The van der Waals surface area contributed by atoms with E-state index in [-0.39, 0.29) is 23.8 Å². The molecule has 236 valence electrons. The average molecular weight is 646 g/mol. The zero-order valence-corrected chi connectivity index (χ0v) is 27.5. The normalized spacial score (nSPS) is 11.9. The first kappa shape index (κ1) is 33.7. The lowest BCUT2D eigenvalue weighted by Gasteiger charge is -2.34. The molecule has 1 unspecified atom stereocenters. The third kappa shape index (κ3) is 9.19. The van der Waals surface area contributed by atoms with Crippen molar-refractivity contribution in [2.45, 2.75) is 57.5 Å². The van der Waals surface area contributed by atoms with Gasteiger partial charge in [0.15, 0.2) is 0 Å². The molecular weight excluding hydrogens is 606 g/mol. The molecule has 0 bridgehead atoms. The highest BCUT2D eigenvalue weighted by molar-refractivity contribution is 7.92. The van der Waals surface area contributed by atoms with E-state index in [2.05, 4.69) is 5.32 Å². The first-order valence-corrected chi connectivity index (χ1v) is 16.9. The van der Waals surface area contributed by atoms with Crippen LogP contribution in [0, 0.1) is 13.8 Å². The van der Waals surface area contributed by atoms with Gasteiger partial charge in [-0.15, -0.1) is 0 Å². The maximum atomic E-state index is 14.5. The van der Waals surface area contributed by atoms with Gasteiger partial charge in [-0.1, -0.05) is 97.2 Å². The summed E-state index contributed by atoms with van der Waals surface area (Å²) in [4.78, 5) is 29.9. The number of unbranched alkanes of at least 4 members (excludes halogenated alkanes) is 1. The van der Waals surface area contributed by atoms with E-state index in [1.54, 1.807) is 18.2 Å². The third-order valence-electron chi connectivity index (χ3n) is 7.51. The quantitative estimate of drug-likeness (QED) is 0.155. The lowest BCUT2D eigenvalue weighted by atomic mass is 10.0. The van der Waals surface area contributed by atoms with Gasteiger partial charge in [0, 0.05) is 24.5 Å².